The van der Waals surface area contributed by atoms with Crippen LogP contribution in [0.3, 0.4) is 0 Å². The van der Waals surface area contributed by atoms with Crippen LogP contribution in [0.1, 0.15) is 30.0 Å². The smallest absolute Gasteiger partial charge is 0.429 e. The maximum atomic E-state index is 14.5. The van der Waals surface area contributed by atoms with Crippen molar-refractivity contribution in [2.75, 3.05) is 0 Å². The molecule has 0 N–H and O–H groups in total. The molecule has 0 aliphatic rings. The Morgan fingerprint density at radius 1 is 0.719 bits per heavy atom. The molecule has 0 fully saturated rings. The van der Waals surface area contributed by atoms with E-state index in [4.69, 9.17) is 0 Å². The van der Waals surface area contributed by atoms with Crippen molar-refractivity contribution in [2.45, 2.75) is 32.1 Å². The molecular weight excluding hydrogens is 444 g/mol. The Morgan fingerprint density at radius 3 is 1.81 bits per heavy atom. The summed E-state index contributed by atoms with van der Waals surface area (Å²) in [5.74, 6) is -6.16. The van der Waals surface area contributed by atoms with Gasteiger partial charge in [0, 0.05) is 6.07 Å². The number of aryl methyl sites for hydroxylation is 1. The molecule has 3 rings (SSSR count). The SMILES string of the molecule is CCCc1ccc(-c2cc(F)c(C(F)(F)Oc3ccc(C(F)(F)F)c(F)c3)c(F)c2)cc1. The van der Waals surface area contributed by atoms with E-state index in [1.165, 1.54) is 0 Å². The van der Waals surface area contributed by atoms with Crippen molar-refractivity contribution >= 4 is 0 Å². The molecule has 0 saturated carbocycles. The molecule has 0 atom stereocenters. The zero-order valence-electron chi connectivity index (χ0n) is 16.5. The van der Waals surface area contributed by atoms with E-state index in [2.05, 4.69) is 4.74 Å². The lowest BCUT2D eigenvalue weighted by molar-refractivity contribution is -0.189. The van der Waals surface area contributed by atoms with Crippen LogP contribution < -0.4 is 4.74 Å². The molecule has 0 radical (unpaired) electrons. The standard InChI is InChI=1S/C23H16F8O/c1-2-3-13-4-6-14(7-5-13)15-10-19(25)21(20(26)11-15)23(30,31)32-16-8-9-17(18(24)12-16)22(27,28)29/h4-12H,2-3H2,1H3. The molecule has 170 valence electrons. The maximum absolute atomic E-state index is 14.5. The van der Waals surface area contributed by atoms with Gasteiger partial charge in [-0.15, -0.1) is 0 Å². The van der Waals surface area contributed by atoms with Gasteiger partial charge in [-0.05, 0) is 47.4 Å². The highest BCUT2D eigenvalue weighted by Crippen LogP contribution is 2.39. The summed E-state index contributed by atoms with van der Waals surface area (Å²) in [7, 11) is 0. The van der Waals surface area contributed by atoms with Crippen LogP contribution in [0, 0.1) is 17.5 Å². The van der Waals surface area contributed by atoms with Gasteiger partial charge >= 0.3 is 12.3 Å². The first-order valence-electron chi connectivity index (χ1n) is 9.44. The van der Waals surface area contributed by atoms with E-state index < -0.39 is 46.6 Å². The van der Waals surface area contributed by atoms with Gasteiger partial charge in [-0.2, -0.15) is 22.0 Å². The lowest BCUT2D eigenvalue weighted by Crippen LogP contribution is -2.25. The summed E-state index contributed by atoms with van der Waals surface area (Å²) < 4.78 is 113. The molecule has 0 spiro atoms. The lowest BCUT2D eigenvalue weighted by atomic mass is 10.00. The van der Waals surface area contributed by atoms with Gasteiger partial charge in [-0.25, -0.2) is 13.2 Å². The van der Waals surface area contributed by atoms with Gasteiger partial charge in [0.2, 0.25) is 0 Å². The molecule has 3 aromatic rings. The molecule has 0 heterocycles. The first kappa shape index (κ1) is 23.6. The molecule has 0 aliphatic carbocycles. The average Bonchev–Trinajstić information content (AvgIpc) is 2.66. The predicted molar refractivity (Wildman–Crippen MR) is 102 cm³/mol. The molecule has 0 saturated heterocycles. The molecule has 1 nitrogen and oxygen atoms in total. The Kier molecular flexibility index (Phi) is 6.48. The fourth-order valence-electron chi connectivity index (χ4n) is 3.16. The normalized spacial score (nSPS) is 12.2. The minimum absolute atomic E-state index is 0.00294. The average molecular weight is 460 g/mol. The van der Waals surface area contributed by atoms with Crippen LogP contribution in [0.2, 0.25) is 0 Å². The second kappa shape index (κ2) is 8.80. The first-order valence-corrected chi connectivity index (χ1v) is 9.44. The number of benzene rings is 3. The number of rotatable bonds is 6. The molecule has 9 heteroatoms. The van der Waals surface area contributed by atoms with E-state index in [0.717, 1.165) is 18.4 Å². The molecule has 32 heavy (non-hydrogen) atoms. The lowest BCUT2D eigenvalue weighted by Gasteiger charge is -2.20. The van der Waals surface area contributed by atoms with E-state index in [0.29, 0.717) is 23.8 Å². The summed E-state index contributed by atoms with van der Waals surface area (Å²) in [5.41, 5.74) is -2.05. The zero-order valence-corrected chi connectivity index (χ0v) is 16.5. The number of alkyl halides is 5. The fraction of sp³-hybridized carbons (Fsp3) is 0.217. The largest absolute Gasteiger partial charge is 0.432 e. The third-order valence-corrected chi connectivity index (χ3v) is 4.65. The van der Waals surface area contributed by atoms with Crippen molar-refractivity contribution in [3.8, 4) is 16.9 Å². The second-order valence-electron chi connectivity index (χ2n) is 7.02. The Morgan fingerprint density at radius 2 is 1.31 bits per heavy atom. The van der Waals surface area contributed by atoms with Gasteiger partial charge in [0.1, 0.15) is 28.8 Å². The van der Waals surface area contributed by atoms with E-state index in [1.807, 2.05) is 6.92 Å². The molecular formula is C23H16F8O. The number of hydrogen-bond donors (Lipinski definition) is 0. The van der Waals surface area contributed by atoms with E-state index in [-0.39, 0.29) is 17.7 Å². The van der Waals surface area contributed by atoms with E-state index >= 15 is 0 Å². The number of hydrogen-bond acceptors (Lipinski definition) is 1. The Hall–Kier alpha value is -3.10. The first-order chi connectivity index (χ1) is 14.9. The van der Waals surface area contributed by atoms with Crippen molar-refractivity contribution in [1.29, 1.82) is 0 Å². The van der Waals surface area contributed by atoms with Crippen molar-refractivity contribution in [2.24, 2.45) is 0 Å². The summed E-state index contributed by atoms with van der Waals surface area (Å²) in [6.07, 6.45) is -7.97. The van der Waals surface area contributed by atoms with E-state index in [1.54, 1.807) is 24.3 Å². The number of ether oxygens (including phenoxy) is 1. The Labute approximate surface area is 178 Å². The van der Waals surface area contributed by atoms with Crippen LogP contribution in [0.5, 0.6) is 5.75 Å². The maximum Gasteiger partial charge on any atom is 0.432 e. The molecule has 0 amide bonds. The van der Waals surface area contributed by atoms with E-state index in [9.17, 15) is 35.1 Å². The highest BCUT2D eigenvalue weighted by atomic mass is 19.4. The highest BCUT2D eigenvalue weighted by molar-refractivity contribution is 5.64. The summed E-state index contributed by atoms with van der Waals surface area (Å²) in [5, 5.41) is 0. The molecule has 0 bridgehead atoms. The minimum atomic E-state index is -5.05. The quantitative estimate of drug-likeness (QED) is 0.340. The van der Waals surface area contributed by atoms with Crippen LogP contribution in [0.25, 0.3) is 11.1 Å². The van der Waals surface area contributed by atoms with Crippen molar-refractivity contribution < 1.29 is 39.9 Å². The molecule has 0 unspecified atom stereocenters. The Bertz CT molecular complexity index is 1080. The second-order valence-corrected chi connectivity index (χ2v) is 7.02. The van der Waals surface area contributed by atoms with Crippen molar-refractivity contribution in [1.82, 2.24) is 0 Å². The Balaban J connectivity index is 1.90. The van der Waals surface area contributed by atoms with Gasteiger partial charge in [-0.1, -0.05) is 37.6 Å². The third-order valence-electron chi connectivity index (χ3n) is 4.65. The molecule has 3 aromatic carbocycles. The summed E-state index contributed by atoms with van der Waals surface area (Å²) >= 11 is 0. The van der Waals surface area contributed by atoms with Crippen LogP contribution in [0.15, 0.2) is 54.6 Å². The third kappa shape index (κ3) is 5.03. The number of halogens is 8. The molecule has 0 aromatic heterocycles. The van der Waals surface area contributed by atoms with Crippen LogP contribution in [-0.4, -0.2) is 0 Å². The van der Waals surface area contributed by atoms with Crippen LogP contribution in [-0.2, 0) is 18.7 Å². The minimum Gasteiger partial charge on any atom is -0.429 e. The van der Waals surface area contributed by atoms with Crippen molar-refractivity contribution in [3.63, 3.8) is 0 Å². The summed E-state index contributed by atoms with van der Waals surface area (Å²) in [6.45, 7) is 1.98. The fourth-order valence-corrected chi connectivity index (χ4v) is 3.16. The van der Waals surface area contributed by atoms with Gasteiger partial charge in [0.25, 0.3) is 0 Å². The van der Waals surface area contributed by atoms with Crippen LogP contribution >= 0.6 is 0 Å². The summed E-state index contributed by atoms with van der Waals surface area (Å²) in [4.78, 5) is 0. The van der Waals surface area contributed by atoms with Gasteiger partial charge in [-0.3, -0.25) is 0 Å². The monoisotopic (exact) mass is 460 g/mol. The topological polar surface area (TPSA) is 9.23 Å². The van der Waals surface area contributed by atoms with Crippen LogP contribution in [0.4, 0.5) is 35.1 Å². The van der Waals surface area contributed by atoms with Gasteiger partial charge in [0.15, 0.2) is 0 Å². The molecule has 0 aliphatic heterocycles. The zero-order chi connectivity index (χ0) is 23.7. The van der Waals surface area contributed by atoms with Gasteiger partial charge < -0.3 is 4.74 Å². The highest BCUT2D eigenvalue weighted by Gasteiger charge is 2.42. The summed E-state index contributed by atoms with van der Waals surface area (Å²) in [6, 6.07) is 8.77. The van der Waals surface area contributed by atoms with Crippen molar-refractivity contribution in [3.05, 3.63) is 88.7 Å². The van der Waals surface area contributed by atoms with Gasteiger partial charge in [0.05, 0.1) is 5.56 Å². The predicted octanol–water partition coefficient (Wildman–Crippen LogP) is 7.87.